The summed E-state index contributed by atoms with van der Waals surface area (Å²) in [5, 5.41) is 6.61. The third-order valence-electron chi connectivity index (χ3n) is 5.56. The highest BCUT2D eigenvalue weighted by Gasteiger charge is 2.27. The van der Waals surface area contributed by atoms with Gasteiger partial charge in [0.2, 0.25) is 10.0 Å². The summed E-state index contributed by atoms with van der Waals surface area (Å²) in [5.74, 6) is 0.674. The van der Waals surface area contributed by atoms with Crippen molar-refractivity contribution in [3.63, 3.8) is 0 Å². The van der Waals surface area contributed by atoms with E-state index in [-0.39, 0.29) is 24.0 Å². The normalized spacial score (nSPS) is 15.9. The molecular weight excluding hydrogens is 525 g/mol. The van der Waals surface area contributed by atoms with E-state index in [4.69, 9.17) is 0 Å². The first-order valence-electron chi connectivity index (χ1n) is 11.1. The van der Waals surface area contributed by atoms with Crippen LogP contribution in [0.1, 0.15) is 52.5 Å². The van der Waals surface area contributed by atoms with Crippen LogP contribution in [0, 0.1) is 0 Å². The molecule has 2 rings (SSSR count). The van der Waals surface area contributed by atoms with Gasteiger partial charge in [0.25, 0.3) is 0 Å². The van der Waals surface area contributed by atoms with E-state index in [1.807, 2.05) is 12.1 Å². The summed E-state index contributed by atoms with van der Waals surface area (Å²) in [6.45, 7) is 12.1. The van der Waals surface area contributed by atoms with Crippen LogP contribution in [0.15, 0.2) is 34.2 Å². The van der Waals surface area contributed by atoms with Gasteiger partial charge in [0.15, 0.2) is 5.96 Å². The number of halogens is 1. The predicted molar refractivity (Wildman–Crippen MR) is 140 cm³/mol. The van der Waals surface area contributed by atoms with E-state index in [1.54, 1.807) is 23.5 Å². The number of piperidine rings is 1. The first-order chi connectivity index (χ1) is 14.3. The molecule has 9 heteroatoms. The van der Waals surface area contributed by atoms with Crippen molar-refractivity contribution in [2.75, 3.05) is 33.2 Å². The van der Waals surface area contributed by atoms with Gasteiger partial charge in [-0.25, -0.2) is 8.42 Å². The summed E-state index contributed by atoms with van der Waals surface area (Å²) in [6.07, 6.45) is 2.96. The summed E-state index contributed by atoms with van der Waals surface area (Å²) >= 11 is 0. The van der Waals surface area contributed by atoms with E-state index >= 15 is 0 Å². The molecule has 0 saturated carbocycles. The van der Waals surface area contributed by atoms with Gasteiger partial charge in [-0.1, -0.05) is 24.6 Å². The number of benzene rings is 1. The minimum Gasteiger partial charge on any atom is -0.355 e. The molecule has 2 N–H and O–H groups in total. The van der Waals surface area contributed by atoms with Crippen molar-refractivity contribution < 1.29 is 8.42 Å². The van der Waals surface area contributed by atoms with Gasteiger partial charge in [0, 0.05) is 51.9 Å². The number of nitrogens with zero attached hydrogens (tertiary/aromatic N) is 3. The lowest BCUT2D eigenvalue weighted by atomic mass is 10.2. The monoisotopic (exact) mass is 565 g/mol. The molecule has 31 heavy (non-hydrogen) atoms. The summed E-state index contributed by atoms with van der Waals surface area (Å²) < 4.78 is 27.9. The molecule has 0 unspecified atom stereocenters. The van der Waals surface area contributed by atoms with E-state index in [1.165, 1.54) is 0 Å². The van der Waals surface area contributed by atoms with Crippen molar-refractivity contribution in [1.82, 2.24) is 19.8 Å². The lowest BCUT2D eigenvalue weighted by molar-refractivity contribution is 0.178. The van der Waals surface area contributed by atoms with Crippen molar-refractivity contribution in [3.05, 3.63) is 29.8 Å². The van der Waals surface area contributed by atoms with Gasteiger partial charge in [-0.15, -0.1) is 24.0 Å². The number of guanidine groups is 1. The van der Waals surface area contributed by atoms with E-state index < -0.39 is 10.0 Å². The maximum absolute atomic E-state index is 13.1. The van der Waals surface area contributed by atoms with Crippen molar-refractivity contribution in [1.29, 1.82) is 0 Å². The second-order valence-corrected chi connectivity index (χ2v) is 10.3. The van der Waals surface area contributed by atoms with Crippen LogP contribution in [0.2, 0.25) is 0 Å². The zero-order valence-electron chi connectivity index (χ0n) is 19.6. The Labute approximate surface area is 206 Å². The molecule has 1 saturated heterocycles. The molecule has 0 radical (unpaired) electrons. The van der Waals surface area contributed by atoms with Gasteiger partial charge in [0.1, 0.15) is 0 Å². The number of rotatable bonds is 9. The molecule has 1 aromatic carbocycles. The Morgan fingerprint density at radius 2 is 1.68 bits per heavy atom. The van der Waals surface area contributed by atoms with Crippen LogP contribution in [-0.2, 0) is 16.6 Å². The van der Waals surface area contributed by atoms with E-state index in [0.717, 1.165) is 37.9 Å². The van der Waals surface area contributed by atoms with E-state index in [0.29, 0.717) is 42.6 Å². The number of nitrogens with one attached hydrogen (secondary N) is 2. The molecule has 7 nitrogen and oxygen atoms in total. The SMILES string of the molecule is CN=C(NCCN(C(C)C)C(C)C)NCc1ccccc1S(=O)(=O)N1CCCCC1.I. The number of hydrogen-bond donors (Lipinski definition) is 2. The average molecular weight is 566 g/mol. The molecule has 1 aliphatic heterocycles. The number of sulfonamides is 1. The van der Waals surface area contributed by atoms with Gasteiger partial charge >= 0.3 is 0 Å². The number of aliphatic imine (C=N–C) groups is 1. The van der Waals surface area contributed by atoms with Crippen LogP contribution in [-0.4, -0.2) is 68.9 Å². The first kappa shape index (κ1) is 28.1. The molecule has 1 heterocycles. The van der Waals surface area contributed by atoms with Crippen LogP contribution in [0.4, 0.5) is 0 Å². The molecular formula is C22H40IN5O2S. The third-order valence-corrected chi connectivity index (χ3v) is 7.56. The summed E-state index contributed by atoms with van der Waals surface area (Å²) in [4.78, 5) is 7.09. The van der Waals surface area contributed by atoms with Gasteiger partial charge < -0.3 is 10.6 Å². The quantitative estimate of drug-likeness (QED) is 0.273. The Hall–Kier alpha value is -0.910. The highest BCUT2D eigenvalue weighted by molar-refractivity contribution is 14.0. The molecule has 0 atom stereocenters. The lowest BCUT2D eigenvalue weighted by Crippen LogP contribution is -2.45. The summed E-state index contributed by atoms with van der Waals surface area (Å²) in [6, 6.07) is 8.21. The zero-order valence-corrected chi connectivity index (χ0v) is 22.7. The van der Waals surface area contributed by atoms with Crippen LogP contribution >= 0.6 is 24.0 Å². The molecule has 178 valence electrons. The van der Waals surface area contributed by atoms with E-state index in [2.05, 4.69) is 48.2 Å². The number of hydrogen-bond acceptors (Lipinski definition) is 4. The topological polar surface area (TPSA) is 77.0 Å². The zero-order chi connectivity index (χ0) is 22.1. The fourth-order valence-electron chi connectivity index (χ4n) is 3.96. The van der Waals surface area contributed by atoms with Gasteiger partial charge in [0.05, 0.1) is 4.90 Å². The lowest BCUT2D eigenvalue weighted by Gasteiger charge is -2.30. The van der Waals surface area contributed by atoms with Crippen LogP contribution in [0.3, 0.4) is 0 Å². The summed E-state index contributed by atoms with van der Waals surface area (Å²) in [7, 11) is -1.74. The minimum absolute atomic E-state index is 0. The molecule has 1 aromatic rings. The highest BCUT2D eigenvalue weighted by atomic mass is 127. The largest absolute Gasteiger partial charge is 0.355 e. The average Bonchev–Trinajstić information content (AvgIpc) is 2.73. The van der Waals surface area contributed by atoms with Crippen LogP contribution in [0.25, 0.3) is 0 Å². The van der Waals surface area contributed by atoms with Crippen LogP contribution in [0.5, 0.6) is 0 Å². The molecule has 1 fully saturated rings. The Kier molecular flexibility index (Phi) is 12.3. The smallest absolute Gasteiger partial charge is 0.243 e. The Morgan fingerprint density at radius 1 is 1.06 bits per heavy atom. The third kappa shape index (κ3) is 8.18. The standard InChI is InChI=1S/C22H39N5O2S.HI/c1-18(2)27(19(3)4)16-13-24-22(23-5)25-17-20-11-7-8-12-21(20)30(28,29)26-14-9-6-10-15-26;/h7-8,11-12,18-19H,6,9-10,13-17H2,1-5H3,(H2,23,24,25);1H. The van der Waals surface area contributed by atoms with Gasteiger partial charge in [-0.3, -0.25) is 9.89 Å². The first-order valence-corrected chi connectivity index (χ1v) is 12.5. The van der Waals surface area contributed by atoms with Crippen molar-refractivity contribution >= 4 is 40.0 Å². The molecule has 0 aromatic heterocycles. The second-order valence-electron chi connectivity index (χ2n) is 8.35. The highest BCUT2D eigenvalue weighted by Crippen LogP contribution is 2.23. The molecule has 0 aliphatic carbocycles. The Bertz CT molecular complexity index is 785. The van der Waals surface area contributed by atoms with Crippen molar-refractivity contribution in [2.45, 2.75) is 70.5 Å². The fourth-order valence-corrected chi connectivity index (χ4v) is 5.70. The second kappa shape index (κ2) is 13.6. The van der Waals surface area contributed by atoms with Gasteiger partial charge in [-0.05, 0) is 52.2 Å². The predicted octanol–water partition coefficient (Wildman–Crippen LogP) is 3.26. The van der Waals surface area contributed by atoms with Gasteiger partial charge in [-0.2, -0.15) is 4.31 Å². The molecule has 0 amide bonds. The molecule has 0 spiro atoms. The molecule has 0 bridgehead atoms. The minimum atomic E-state index is -3.47. The Morgan fingerprint density at radius 3 is 2.26 bits per heavy atom. The maximum atomic E-state index is 13.1. The molecule has 1 aliphatic rings. The van der Waals surface area contributed by atoms with Crippen molar-refractivity contribution in [3.8, 4) is 0 Å². The van der Waals surface area contributed by atoms with E-state index in [9.17, 15) is 8.42 Å². The summed E-state index contributed by atoms with van der Waals surface area (Å²) in [5.41, 5.74) is 0.761. The fraction of sp³-hybridized carbons (Fsp3) is 0.682. The van der Waals surface area contributed by atoms with Crippen LogP contribution < -0.4 is 10.6 Å². The van der Waals surface area contributed by atoms with Crippen molar-refractivity contribution in [2.24, 2.45) is 4.99 Å². The maximum Gasteiger partial charge on any atom is 0.243 e. The Balaban J connectivity index is 0.00000480.